The molecule has 0 aliphatic carbocycles. The average molecular weight is 243 g/mol. The summed E-state index contributed by atoms with van der Waals surface area (Å²) in [5.41, 5.74) is 2.00. The molecule has 0 unspecified atom stereocenters. The molecule has 3 heterocycles. The van der Waals surface area contributed by atoms with E-state index in [-0.39, 0.29) is 0 Å². The highest BCUT2D eigenvalue weighted by molar-refractivity contribution is 5.53. The molecular weight excluding hydrogens is 226 g/mol. The molecule has 0 amide bonds. The Hall–Kier alpha value is -1.72. The highest BCUT2D eigenvalue weighted by atomic mass is 15.2. The van der Waals surface area contributed by atoms with Gasteiger partial charge in [-0.1, -0.05) is 0 Å². The summed E-state index contributed by atoms with van der Waals surface area (Å²) >= 11 is 0. The van der Waals surface area contributed by atoms with E-state index in [0.29, 0.717) is 0 Å². The molecule has 0 radical (unpaired) electrons. The minimum atomic E-state index is 0.830. The zero-order chi connectivity index (χ0) is 12.2. The van der Waals surface area contributed by atoms with Crippen LogP contribution in [0.25, 0.3) is 11.4 Å². The summed E-state index contributed by atoms with van der Waals surface area (Å²) in [6.07, 6.45) is 3.74. The van der Waals surface area contributed by atoms with Gasteiger partial charge in [0.15, 0.2) is 0 Å². The molecule has 5 nitrogen and oxygen atoms in total. The van der Waals surface area contributed by atoms with Crippen molar-refractivity contribution in [3.05, 3.63) is 36.4 Å². The highest BCUT2D eigenvalue weighted by Crippen LogP contribution is 2.13. The molecule has 2 aromatic rings. The Morgan fingerprint density at radius 2 is 2.11 bits per heavy atom. The lowest BCUT2D eigenvalue weighted by atomic mass is 10.3. The normalized spacial score (nSPS) is 16.9. The summed E-state index contributed by atoms with van der Waals surface area (Å²) in [6.45, 7) is 5.06. The van der Waals surface area contributed by atoms with Crippen LogP contribution >= 0.6 is 0 Å². The van der Waals surface area contributed by atoms with E-state index in [9.17, 15) is 0 Å². The summed E-state index contributed by atoms with van der Waals surface area (Å²) in [6, 6.07) is 5.94. The molecule has 2 N–H and O–H groups in total. The minimum Gasteiger partial charge on any atom is -0.360 e. The molecule has 94 valence electrons. The summed E-state index contributed by atoms with van der Waals surface area (Å²) in [7, 11) is 0. The molecule has 0 aromatic carbocycles. The number of nitrogens with zero attached hydrogens (tertiary/aromatic N) is 3. The topological polar surface area (TPSA) is 56.8 Å². The van der Waals surface area contributed by atoms with E-state index in [1.54, 1.807) is 0 Å². The minimum absolute atomic E-state index is 0.830. The molecule has 1 aliphatic rings. The second-order valence-electron chi connectivity index (χ2n) is 4.47. The Balaban J connectivity index is 1.74. The third kappa shape index (κ3) is 2.57. The van der Waals surface area contributed by atoms with Gasteiger partial charge in [0, 0.05) is 38.6 Å². The van der Waals surface area contributed by atoms with Gasteiger partial charge in [-0.25, -0.2) is 9.97 Å². The summed E-state index contributed by atoms with van der Waals surface area (Å²) in [5, 5.41) is 3.35. The third-order valence-corrected chi connectivity index (χ3v) is 3.15. The predicted octanol–water partition coefficient (Wildman–Crippen LogP) is 0.877. The van der Waals surface area contributed by atoms with Gasteiger partial charge in [-0.05, 0) is 18.2 Å². The highest BCUT2D eigenvalue weighted by Gasteiger charge is 2.11. The maximum absolute atomic E-state index is 4.60. The zero-order valence-corrected chi connectivity index (χ0v) is 10.3. The van der Waals surface area contributed by atoms with E-state index in [1.807, 2.05) is 30.6 Å². The van der Waals surface area contributed by atoms with Crippen LogP contribution < -0.4 is 5.32 Å². The Labute approximate surface area is 106 Å². The van der Waals surface area contributed by atoms with E-state index < -0.39 is 0 Å². The maximum Gasteiger partial charge on any atom is 0.142 e. The van der Waals surface area contributed by atoms with E-state index in [2.05, 4.69) is 25.2 Å². The number of aromatic nitrogens is 3. The lowest BCUT2D eigenvalue weighted by Gasteiger charge is -2.26. The molecule has 0 spiro atoms. The van der Waals surface area contributed by atoms with E-state index in [4.69, 9.17) is 0 Å². The van der Waals surface area contributed by atoms with E-state index in [1.165, 1.54) is 0 Å². The average Bonchev–Trinajstić information content (AvgIpc) is 2.94. The van der Waals surface area contributed by atoms with Crippen molar-refractivity contribution in [1.82, 2.24) is 25.2 Å². The fraction of sp³-hybridized carbons (Fsp3) is 0.385. The van der Waals surface area contributed by atoms with E-state index >= 15 is 0 Å². The van der Waals surface area contributed by atoms with Crippen molar-refractivity contribution in [3.8, 4) is 11.4 Å². The molecule has 0 bridgehead atoms. The molecular formula is C13H17N5. The van der Waals surface area contributed by atoms with Crippen LogP contribution in [0.15, 0.2) is 30.6 Å². The molecule has 1 fully saturated rings. The van der Waals surface area contributed by atoms with Crippen LogP contribution in [0.5, 0.6) is 0 Å². The van der Waals surface area contributed by atoms with Crippen LogP contribution in [0.3, 0.4) is 0 Å². The van der Waals surface area contributed by atoms with Crippen molar-refractivity contribution in [2.75, 3.05) is 26.2 Å². The summed E-state index contributed by atoms with van der Waals surface area (Å²) < 4.78 is 0. The number of H-pyrrole nitrogens is 1. The van der Waals surface area contributed by atoms with Crippen LogP contribution in [0.2, 0.25) is 0 Å². The van der Waals surface area contributed by atoms with Gasteiger partial charge in [-0.15, -0.1) is 0 Å². The van der Waals surface area contributed by atoms with Gasteiger partial charge in [-0.3, -0.25) is 4.90 Å². The maximum atomic E-state index is 4.60. The molecule has 0 saturated carbocycles. The van der Waals surface area contributed by atoms with Crippen LogP contribution in [0.1, 0.15) is 5.82 Å². The van der Waals surface area contributed by atoms with Gasteiger partial charge in [-0.2, -0.15) is 0 Å². The van der Waals surface area contributed by atoms with Crippen molar-refractivity contribution in [3.63, 3.8) is 0 Å². The first-order valence-electron chi connectivity index (χ1n) is 6.30. The second-order valence-corrected chi connectivity index (χ2v) is 4.47. The Morgan fingerprint density at radius 3 is 2.89 bits per heavy atom. The number of hydrogen-bond acceptors (Lipinski definition) is 4. The van der Waals surface area contributed by atoms with Crippen molar-refractivity contribution in [1.29, 1.82) is 0 Å². The van der Waals surface area contributed by atoms with Gasteiger partial charge in [0.05, 0.1) is 17.9 Å². The summed E-state index contributed by atoms with van der Waals surface area (Å²) in [4.78, 5) is 14.5. The van der Waals surface area contributed by atoms with Gasteiger partial charge >= 0.3 is 0 Å². The fourth-order valence-electron chi connectivity index (χ4n) is 2.18. The number of nitrogens with one attached hydrogen (secondary N) is 2. The molecule has 2 aromatic heterocycles. The first-order chi connectivity index (χ1) is 8.92. The predicted molar refractivity (Wildman–Crippen MR) is 70.0 cm³/mol. The zero-order valence-electron chi connectivity index (χ0n) is 10.3. The Bertz CT molecular complexity index is 488. The largest absolute Gasteiger partial charge is 0.360 e. The van der Waals surface area contributed by atoms with Gasteiger partial charge in [0.2, 0.25) is 0 Å². The molecule has 3 rings (SSSR count). The Kier molecular flexibility index (Phi) is 3.34. The molecule has 1 aliphatic heterocycles. The van der Waals surface area contributed by atoms with Crippen LogP contribution in [-0.4, -0.2) is 46.0 Å². The number of rotatable bonds is 3. The first kappa shape index (κ1) is 11.4. The number of aromatic amines is 1. The lowest BCUT2D eigenvalue weighted by Crippen LogP contribution is -2.43. The van der Waals surface area contributed by atoms with Gasteiger partial charge in [0.1, 0.15) is 5.82 Å². The Morgan fingerprint density at radius 1 is 1.22 bits per heavy atom. The number of hydrogen-bond donors (Lipinski definition) is 2. The van der Waals surface area contributed by atoms with Crippen molar-refractivity contribution < 1.29 is 0 Å². The van der Waals surface area contributed by atoms with Gasteiger partial charge < -0.3 is 10.3 Å². The molecule has 5 heteroatoms. The van der Waals surface area contributed by atoms with E-state index in [0.717, 1.165) is 49.9 Å². The van der Waals surface area contributed by atoms with Crippen molar-refractivity contribution in [2.24, 2.45) is 0 Å². The lowest BCUT2D eigenvalue weighted by molar-refractivity contribution is 0.228. The second kappa shape index (κ2) is 5.29. The fourth-order valence-corrected chi connectivity index (χ4v) is 2.18. The third-order valence-electron chi connectivity index (χ3n) is 3.15. The SMILES string of the molecule is c1c[nH]c(-c2ccnc(CN3CCNCC3)n2)c1. The molecule has 18 heavy (non-hydrogen) atoms. The van der Waals surface area contributed by atoms with Gasteiger partial charge in [0.25, 0.3) is 0 Å². The van der Waals surface area contributed by atoms with Crippen LogP contribution in [0.4, 0.5) is 0 Å². The first-order valence-corrected chi connectivity index (χ1v) is 6.30. The van der Waals surface area contributed by atoms with Crippen molar-refractivity contribution >= 4 is 0 Å². The smallest absolute Gasteiger partial charge is 0.142 e. The molecule has 1 saturated heterocycles. The number of piperazine rings is 1. The van der Waals surface area contributed by atoms with Crippen molar-refractivity contribution in [2.45, 2.75) is 6.54 Å². The summed E-state index contributed by atoms with van der Waals surface area (Å²) in [5.74, 6) is 0.893. The molecule has 0 atom stereocenters. The monoisotopic (exact) mass is 243 g/mol. The standard InChI is InChI=1S/C13H17N5/c1-2-11(15-4-1)12-3-5-16-13(17-12)10-18-8-6-14-7-9-18/h1-5,14-15H,6-10H2. The van der Waals surface area contributed by atoms with Crippen LogP contribution in [0, 0.1) is 0 Å². The van der Waals surface area contributed by atoms with Crippen LogP contribution in [-0.2, 0) is 6.54 Å². The quantitative estimate of drug-likeness (QED) is 0.840.